The van der Waals surface area contributed by atoms with Gasteiger partial charge in [0.2, 0.25) is 0 Å². The molecule has 6 heteroatoms. The van der Waals surface area contributed by atoms with E-state index in [-0.39, 0.29) is 6.03 Å². The molecule has 124 valence electrons. The van der Waals surface area contributed by atoms with Gasteiger partial charge in [-0.2, -0.15) is 0 Å². The van der Waals surface area contributed by atoms with Crippen LogP contribution >= 0.6 is 0 Å². The largest absolute Gasteiger partial charge is 0.480 e. The summed E-state index contributed by atoms with van der Waals surface area (Å²) in [6, 6.07) is 8.91. The lowest BCUT2D eigenvalue weighted by molar-refractivity contribution is -0.139. The van der Waals surface area contributed by atoms with E-state index in [1.807, 2.05) is 30.3 Å². The highest BCUT2D eigenvalue weighted by molar-refractivity contribution is 5.82. The maximum atomic E-state index is 12.3. The van der Waals surface area contributed by atoms with Crippen LogP contribution in [0.1, 0.15) is 18.4 Å². The van der Waals surface area contributed by atoms with E-state index < -0.39 is 12.0 Å². The Morgan fingerprint density at radius 1 is 1.13 bits per heavy atom. The topological polar surface area (TPSA) is 72.9 Å². The lowest BCUT2D eigenvalue weighted by Gasteiger charge is -2.35. The maximum Gasteiger partial charge on any atom is 0.326 e. The third-order valence-electron chi connectivity index (χ3n) is 4.54. The Kier molecular flexibility index (Phi) is 4.81. The fourth-order valence-corrected chi connectivity index (χ4v) is 3.02. The third-order valence-corrected chi connectivity index (χ3v) is 4.54. The first-order chi connectivity index (χ1) is 11.1. The van der Waals surface area contributed by atoms with Crippen LogP contribution in [-0.4, -0.2) is 65.2 Å². The van der Waals surface area contributed by atoms with Crippen LogP contribution in [0.4, 0.5) is 4.79 Å². The van der Waals surface area contributed by atoms with Gasteiger partial charge in [0.05, 0.1) is 0 Å². The second-order valence-electron chi connectivity index (χ2n) is 6.28. The molecule has 1 saturated heterocycles. The highest BCUT2D eigenvalue weighted by Crippen LogP contribution is 2.27. The second-order valence-corrected chi connectivity index (χ2v) is 6.28. The van der Waals surface area contributed by atoms with E-state index in [0.717, 1.165) is 18.7 Å². The summed E-state index contributed by atoms with van der Waals surface area (Å²) in [5, 5.41) is 12.0. The molecule has 1 aromatic carbocycles. The van der Waals surface area contributed by atoms with Gasteiger partial charge in [0.15, 0.2) is 0 Å². The van der Waals surface area contributed by atoms with Gasteiger partial charge in [-0.3, -0.25) is 4.90 Å². The number of rotatable bonds is 5. The summed E-state index contributed by atoms with van der Waals surface area (Å²) in [4.78, 5) is 27.9. The normalized spacial score (nSPS) is 20.1. The van der Waals surface area contributed by atoms with Gasteiger partial charge in [-0.05, 0) is 18.4 Å². The molecule has 0 spiro atoms. The Bertz CT molecular complexity index is 551. The summed E-state index contributed by atoms with van der Waals surface area (Å²) in [5.74, 6) is -1.00. The van der Waals surface area contributed by atoms with E-state index in [1.165, 1.54) is 12.8 Å². The van der Waals surface area contributed by atoms with Gasteiger partial charge < -0.3 is 15.3 Å². The molecule has 2 fully saturated rings. The number of hydrogen-bond acceptors (Lipinski definition) is 3. The number of benzene rings is 1. The first-order valence-electron chi connectivity index (χ1n) is 8.19. The third kappa shape index (κ3) is 4.22. The van der Waals surface area contributed by atoms with Crippen LogP contribution < -0.4 is 5.32 Å². The van der Waals surface area contributed by atoms with Gasteiger partial charge in [-0.15, -0.1) is 0 Å². The van der Waals surface area contributed by atoms with Crippen LogP contribution in [0, 0.1) is 0 Å². The predicted octanol–water partition coefficient (Wildman–Crippen LogP) is 1.17. The number of aliphatic carboxylic acids is 1. The molecule has 2 aliphatic rings. The van der Waals surface area contributed by atoms with Crippen molar-refractivity contribution in [2.24, 2.45) is 0 Å². The van der Waals surface area contributed by atoms with Crippen molar-refractivity contribution >= 4 is 12.0 Å². The second kappa shape index (κ2) is 7.00. The highest BCUT2D eigenvalue weighted by Gasteiger charge is 2.33. The van der Waals surface area contributed by atoms with Gasteiger partial charge in [0, 0.05) is 38.6 Å². The number of urea groups is 1. The first kappa shape index (κ1) is 15.8. The first-order valence-corrected chi connectivity index (χ1v) is 8.19. The summed E-state index contributed by atoms with van der Waals surface area (Å²) in [5.41, 5.74) is 0.902. The number of nitrogens with zero attached hydrogens (tertiary/aromatic N) is 2. The molecule has 0 radical (unpaired) electrons. The zero-order chi connectivity index (χ0) is 16.2. The quantitative estimate of drug-likeness (QED) is 0.855. The molecular formula is C17H23N3O3. The van der Waals surface area contributed by atoms with E-state index >= 15 is 0 Å². The summed E-state index contributed by atoms with van der Waals surface area (Å²) < 4.78 is 0. The van der Waals surface area contributed by atoms with Crippen molar-refractivity contribution in [2.45, 2.75) is 31.3 Å². The van der Waals surface area contributed by atoms with E-state index in [4.69, 9.17) is 0 Å². The monoisotopic (exact) mass is 317 g/mol. The molecule has 1 aromatic rings. The molecule has 6 nitrogen and oxygen atoms in total. The van der Waals surface area contributed by atoms with Crippen LogP contribution in [0.25, 0.3) is 0 Å². The minimum atomic E-state index is -1.00. The Morgan fingerprint density at radius 2 is 1.78 bits per heavy atom. The Balaban J connectivity index is 1.52. The fourth-order valence-electron chi connectivity index (χ4n) is 3.02. The molecule has 2 amide bonds. The van der Waals surface area contributed by atoms with Crippen LogP contribution in [0.5, 0.6) is 0 Å². The van der Waals surface area contributed by atoms with Gasteiger partial charge in [0.1, 0.15) is 6.04 Å². The molecule has 1 aliphatic heterocycles. The van der Waals surface area contributed by atoms with E-state index in [1.54, 1.807) is 4.90 Å². The Hall–Kier alpha value is -2.08. The number of carbonyl (C=O) groups is 2. The number of carbonyl (C=O) groups excluding carboxylic acids is 1. The molecule has 3 rings (SSSR count). The molecule has 0 unspecified atom stereocenters. The Morgan fingerprint density at radius 3 is 2.35 bits per heavy atom. The van der Waals surface area contributed by atoms with E-state index in [0.29, 0.717) is 25.6 Å². The molecule has 0 aromatic heterocycles. The number of carboxylic acid groups (broad SMARTS) is 1. The molecule has 2 N–H and O–H groups in total. The zero-order valence-electron chi connectivity index (χ0n) is 13.1. The average Bonchev–Trinajstić information content (AvgIpc) is 3.40. The summed E-state index contributed by atoms with van der Waals surface area (Å²) in [6.07, 6.45) is 2.83. The zero-order valence-corrected chi connectivity index (χ0v) is 13.1. The van der Waals surface area contributed by atoms with Crippen molar-refractivity contribution in [3.05, 3.63) is 35.9 Å². The van der Waals surface area contributed by atoms with E-state index in [2.05, 4.69) is 10.2 Å². The van der Waals surface area contributed by atoms with Gasteiger partial charge >= 0.3 is 12.0 Å². The van der Waals surface area contributed by atoms with Crippen molar-refractivity contribution in [2.75, 3.05) is 26.2 Å². The SMILES string of the molecule is O=C(O)[C@H](Cc1ccccc1)NC(=O)N1CCN(C2CC2)CC1. The van der Waals surface area contributed by atoms with Gasteiger partial charge in [-0.1, -0.05) is 30.3 Å². The average molecular weight is 317 g/mol. The number of amides is 2. The minimum Gasteiger partial charge on any atom is -0.480 e. The van der Waals surface area contributed by atoms with Crippen molar-refractivity contribution in [1.29, 1.82) is 0 Å². The van der Waals surface area contributed by atoms with Gasteiger partial charge in [0.25, 0.3) is 0 Å². The molecular weight excluding hydrogens is 294 g/mol. The van der Waals surface area contributed by atoms with Crippen molar-refractivity contribution in [1.82, 2.24) is 15.1 Å². The molecule has 1 heterocycles. The minimum absolute atomic E-state index is 0.274. The smallest absolute Gasteiger partial charge is 0.326 e. The van der Waals surface area contributed by atoms with Gasteiger partial charge in [-0.25, -0.2) is 9.59 Å². The summed E-state index contributed by atoms with van der Waals surface area (Å²) >= 11 is 0. The molecule has 1 aliphatic carbocycles. The number of carboxylic acids is 1. The maximum absolute atomic E-state index is 12.3. The predicted molar refractivity (Wildman–Crippen MR) is 86.3 cm³/mol. The number of piperazine rings is 1. The lowest BCUT2D eigenvalue weighted by Crippen LogP contribution is -2.55. The Labute approximate surface area is 136 Å². The summed E-state index contributed by atoms with van der Waals surface area (Å²) in [6.45, 7) is 3.10. The standard InChI is InChI=1S/C17H23N3O3/c21-16(22)15(12-13-4-2-1-3-5-13)18-17(23)20-10-8-19(9-11-20)14-6-7-14/h1-5,14-15H,6-12H2,(H,18,23)(H,21,22)/t15-/m0/s1. The highest BCUT2D eigenvalue weighted by atomic mass is 16.4. The van der Waals surface area contributed by atoms with Crippen molar-refractivity contribution in [3.63, 3.8) is 0 Å². The van der Waals surface area contributed by atoms with Crippen LogP contribution in [0.15, 0.2) is 30.3 Å². The lowest BCUT2D eigenvalue weighted by atomic mass is 10.1. The van der Waals surface area contributed by atoms with Crippen LogP contribution in [0.2, 0.25) is 0 Å². The summed E-state index contributed by atoms with van der Waals surface area (Å²) in [7, 11) is 0. The van der Waals surface area contributed by atoms with Crippen LogP contribution in [0.3, 0.4) is 0 Å². The number of hydrogen-bond donors (Lipinski definition) is 2. The van der Waals surface area contributed by atoms with Crippen molar-refractivity contribution in [3.8, 4) is 0 Å². The fraction of sp³-hybridized carbons (Fsp3) is 0.529. The molecule has 1 saturated carbocycles. The van der Waals surface area contributed by atoms with E-state index in [9.17, 15) is 14.7 Å². The van der Waals surface area contributed by atoms with Crippen molar-refractivity contribution < 1.29 is 14.7 Å². The molecule has 0 bridgehead atoms. The number of nitrogens with one attached hydrogen (secondary N) is 1. The molecule has 1 atom stereocenters. The van der Waals surface area contributed by atoms with Crippen LogP contribution in [-0.2, 0) is 11.2 Å². The molecule has 23 heavy (non-hydrogen) atoms.